The van der Waals surface area contributed by atoms with Crippen LogP contribution in [0.1, 0.15) is 56.8 Å². The van der Waals surface area contributed by atoms with Crippen LogP contribution in [0.4, 0.5) is 10.5 Å². The molecule has 0 aromatic heterocycles. The Balaban J connectivity index is 1.88. The van der Waals surface area contributed by atoms with Crippen LogP contribution in [0.15, 0.2) is 24.3 Å². The normalized spacial score (nSPS) is 20.1. The van der Waals surface area contributed by atoms with Gasteiger partial charge in [-0.25, -0.2) is 9.59 Å². The molecule has 1 aromatic rings. The molecular formula is C18H24N2O6. The van der Waals surface area contributed by atoms with Crippen molar-refractivity contribution in [3.63, 3.8) is 0 Å². The second-order valence-electron chi connectivity index (χ2n) is 7.34. The van der Waals surface area contributed by atoms with Crippen LogP contribution in [0, 0.1) is 10.1 Å². The van der Waals surface area contributed by atoms with Crippen LogP contribution < -0.4 is 5.32 Å². The largest absolute Gasteiger partial charge is 0.459 e. The van der Waals surface area contributed by atoms with Gasteiger partial charge in [0.2, 0.25) is 0 Å². The number of hydrogen-bond donors (Lipinski definition) is 1. The van der Waals surface area contributed by atoms with E-state index in [1.807, 2.05) is 0 Å². The van der Waals surface area contributed by atoms with Gasteiger partial charge in [-0.3, -0.25) is 10.1 Å². The molecule has 1 fully saturated rings. The molecule has 0 radical (unpaired) electrons. The fraction of sp³-hybridized carbons (Fsp3) is 0.556. The smallest absolute Gasteiger partial charge is 0.407 e. The molecule has 8 heteroatoms. The van der Waals surface area contributed by atoms with E-state index in [0.29, 0.717) is 12.8 Å². The van der Waals surface area contributed by atoms with Gasteiger partial charge in [0, 0.05) is 24.6 Å². The summed E-state index contributed by atoms with van der Waals surface area (Å²) in [4.78, 5) is 34.2. The number of non-ortho nitro benzene ring substituents is 1. The molecule has 0 heterocycles. The molecule has 8 nitrogen and oxygen atoms in total. The summed E-state index contributed by atoms with van der Waals surface area (Å²) in [5, 5.41) is 13.5. The van der Waals surface area contributed by atoms with E-state index in [-0.39, 0.29) is 23.4 Å². The number of ether oxygens (including phenoxy) is 2. The summed E-state index contributed by atoms with van der Waals surface area (Å²) in [6.07, 6.45) is 2.04. The number of hydrogen-bond acceptors (Lipinski definition) is 6. The lowest BCUT2D eigenvalue weighted by Gasteiger charge is -2.30. The highest BCUT2D eigenvalue weighted by Gasteiger charge is 2.28. The van der Waals surface area contributed by atoms with Crippen molar-refractivity contribution < 1.29 is 24.0 Å². The third-order valence-electron chi connectivity index (χ3n) is 3.93. The minimum Gasteiger partial charge on any atom is -0.459 e. The second kappa shape index (κ2) is 8.16. The van der Waals surface area contributed by atoms with Crippen LogP contribution in [0.5, 0.6) is 0 Å². The van der Waals surface area contributed by atoms with Crippen molar-refractivity contribution in [2.45, 2.75) is 64.2 Å². The molecule has 1 saturated carbocycles. The number of alkyl carbamates (subject to hydrolysis) is 1. The fourth-order valence-corrected chi connectivity index (χ4v) is 2.80. The number of nitrogens with zero attached hydrogens (tertiary/aromatic N) is 1. The van der Waals surface area contributed by atoms with Gasteiger partial charge in [0.1, 0.15) is 11.7 Å². The summed E-state index contributed by atoms with van der Waals surface area (Å²) in [6, 6.07) is 5.17. The first-order valence-electron chi connectivity index (χ1n) is 8.59. The third kappa shape index (κ3) is 6.02. The van der Waals surface area contributed by atoms with Gasteiger partial charge < -0.3 is 14.8 Å². The van der Waals surface area contributed by atoms with Gasteiger partial charge in [-0.15, -0.1) is 0 Å². The Kier molecular flexibility index (Phi) is 6.18. The van der Waals surface area contributed by atoms with Crippen LogP contribution in [0.3, 0.4) is 0 Å². The average molecular weight is 364 g/mol. The lowest BCUT2D eigenvalue weighted by Crippen LogP contribution is -2.43. The molecule has 2 unspecified atom stereocenters. The van der Waals surface area contributed by atoms with E-state index in [4.69, 9.17) is 9.47 Å². The molecule has 26 heavy (non-hydrogen) atoms. The van der Waals surface area contributed by atoms with Crippen LogP contribution in [-0.4, -0.2) is 34.7 Å². The molecule has 0 aliphatic heterocycles. The van der Waals surface area contributed by atoms with Gasteiger partial charge >= 0.3 is 12.1 Å². The third-order valence-corrected chi connectivity index (χ3v) is 3.93. The number of carbonyl (C=O) groups is 2. The lowest BCUT2D eigenvalue weighted by atomic mass is 9.93. The first-order chi connectivity index (χ1) is 12.1. The fourth-order valence-electron chi connectivity index (χ4n) is 2.80. The molecule has 1 aliphatic rings. The van der Waals surface area contributed by atoms with E-state index in [9.17, 15) is 19.7 Å². The Morgan fingerprint density at radius 1 is 1.19 bits per heavy atom. The molecule has 1 aromatic carbocycles. The maximum atomic E-state index is 12.2. The van der Waals surface area contributed by atoms with Crippen LogP contribution >= 0.6 is 0 Å². The zero-order chi connectivity index (χ0) is 19.3. The van der Waals surface area contributed by atoms with Crippen LogP contribution in [0.2, 0.25) is 0 Å². The lowest BCUT2D eigenvalue weighted by molar-refractivity contribution is -0.384. The SMILES string of the molecule is CC(C)(C)OC(=O)NC1CCCC(OC(=O)c2ccc([N+](=O)[O-])cc2)C1. The standard InChI is InChI=1S/C18H24N2O6/c1-18(2,3)26-17(22)19-13-5-4-6-15(11-13)25-16(21)12-7-9-14(10-8-12)20(23)24/h7-10,13,15H,4-6,11H2,1-3H3,(H,19,22). The quantitative estimate of drug-likeness (QED) is 0.497. The molecule has 0 spiro atoms. The average Bonchev–Trinajstić information content (AvgIpc) is 2.53. The van der Waals surface area contributed by atoms with E-state index in [0.717, 1.165) is 12.8 Å². The maximum Gasteiger partial charge on any atom is 0.407 e. The van der Waals surface area contributed by atoms with E-state index >= 15 is 0 Å². The van der Waals surface area contributed by atoms with Crippen molar-refractivity contribution in [3.05, 3.63) is 39.9 Å². The maximum absolute atomic E-state index is 12.2. The first-order valence-corrected chi connectivity index (χ1v) is 8.59. The predicted molar refractivity (Wildman–Crippen MR) is 93.9 cm³/mol. The van der Waals surface area contributed by atoms with Crippen LogP contribution in [0.25, 0.3) is 0 Å². The summed E-state index contributed by atoms with van der Waals surface area (Å²) in [5.74, 6) is -0.525. The van der Waals surface area contributed by atoms with E-state index in [1.54, 1.807) is 20.8 Å². The summed E-state index contributed by atoms with van der Waals surface area (Å²) in [5.41, 5.74) is -0.390. The van der Waals surface area contributed by atoms with E-state index < -0.39 is 22.6 Å². The monoisotopic (exact) mass is 364 g/mol. The summed E-state index contributed by atoms with van der Waals surface area (Å²) < 4.78 is 10.7. The number of nitro benzene ring substituents is 1. The van der Waals surface area contributed by atoms with Crippen molar-refractivity contribution >= 4 is 17.7 Å². The molecule has 1 amide bonds. The number of nitro groups is 1. The molecule has 142 valence electrons. The highest BCUT2D eigenvalue weighted by atomic mass is 16.6. The Morgan fingerprint density at radius 2 is 1.85 bits per heavy atom. The van der Waals surface area contributed by atoms with E-state index in [1.165, 1.54) is 24.3 Å². The topological polar surface area (TPSA) is 108 Å². The van der Waals surface area contributed by atoms with Gasteiger partial charge in [-0.1, -0.05) is 0 Å². The first kappa shape index (κ1) is 19.7. The summed E-state index contributed by atoms with van der Waals surface area (Å²) in [7, 11) is 0. The number of nitrogens with one attached hydrogen (secondary N) is 1. The Bertz CT molecular complexity index is 665. The van der Waals surface area contributed by atoms with Crippen molar-refractivity contribution in [2.75, 3.05) is 0 Å². The van der Waals surface area contributed by atoms with Crippen molar-refractivity contribution in [2.24, 2.45) is 0 Å². The zero-order valence-corrected chi connectivity index (χ0v) is 15.2. The zero-order valence-electron chi connectivity index (χ0n) is 15.2. The van der Waals surface area contributed by atoms with Gasteiger partial charge in [0.25, 0.3) is 5.69 Å². The molecule has 2 rings (SSSR count). The molecule has 1 N–H and O–H groups in total. The van der Waals surface area contributed by atoms with Crippen molar-refractivity contribution in [1.29, 1.82) is 0 Å². The Hall–Kier alpha value is -2.64. The molecular weight excluding hydrogens is 340 g/mol. The van der Waals surface area contributed by atoms with E-state index in [2.05, 4.69) is 5.32 Å². The number of amides is 1. The number of rotatable bonds is 4. The molecule has 0 saturated heterocycles. The number of carbonyl (C=O) groups excluding carboxylic acids is 2. The number of benzene rings is 1. The molecule has 0 bridgehead atoms. The molecule has 2 atom stereocenters. The summed E-state index contributed by atoms with van der Waals surface area (Å²) >= 11 is 0. The second-order valence-corrected chi connectivity index (χ2v) is 7.34. The minimum absolute atomic E-state index is 0.0826. The van der Waals surface area contributed by atoms with Gasteiger partial charge in [-0.05, 0) is 52.2 Å². The van der Waals surface area contributed by atoms with Gasteiger partial charge in [0.15, 0.2) is 0 Å². The van der Waals surface area contributed by atoms with Crippen molar-refractivity contribution in [3.8, 4) is 0 Å². The number of esters is 1. The summed E-state index contributed by atoms with van der Waals surface area (Å²) in [6.45, 7) is 5.38. The Morgan fingerprint density at radius 3 is 2.42 bits per heavy atom. The Labute approximate surface area is 152 Å². The predicted octanol–water partition coefficient (Wildman–Crippen LogP) is 3.59. The van der Waals surface area contributed by atoms with Crippen LogP contribution in [-0.2, 0) is 9.47 Å². The van der Waals surface area contributed by atoms with Gasteiger partial charge in [0.05, 0.1) is 10.5 Å². The highest BCUT2D eigenvalue weighted by Crippen LogP contribution is 2.23. The molecule has 1 aliphatic carbocycles. The van der Waals surface area contributed by atoms with Gasteiger partial charge in [-0.2, -0.15) is 0 Å². The minimum atomic E-state index is -0.569. The highest BCUT2D eigenvalue weighted by molar-refractivity contribution is 5.89. The van der Waals surface area contributed by atoms with Crippen molar-refractivity contribution in [1.82, 2.24) is 5.32 Å².